The number of carbonyl (C=O) groups is 4. The predicted octanol–water partition coefficient (Wildman–Crippen LogP) is 5.02. The van der Waals surface area contributed by atoms with E-state index in [9.17, 15) is 19.2 Å². The number of fused-ring (bicyclic) bond motifs is 1. The molecule has 0 saturated heterocycles. The van der Waals surface area contributed by atoms with Crippen LogP contribution in [0.15, 0.2) is 18.2 Å². The summed E-state index contributed by atoms with van der Waals surface area (Å²) in [6.07, 6.45) is 2.77. The van der Waals surface area contributed by atoms with Crippen LogP contribution in [0.2, 0.25) is 0 Å². The molecule has 50 heavy (non-hydrogen) atoms. The zero-order chi connectivity index (χ0) is 36.7. The van der Waals surface area contributed by atoms with Gasteiger partial charge < -0.3 is 35.3 Å². The van der Waals surface area contributed by atoms with Crippen molar-refractivity contribution in [1.82, 2.24) is 20.6 Å². The summed E-state index contributed by atoms with van der Waals surface area (Å²) in [6, 6.07) is 4.79. The molecule has 2 rings (SSSR count). The highest BCUT2D eigenvalue weighted by atomic mass is 79.9. The molecule has 1 heterocycles. The minimum absolute atomic E-state index is 0.0148. The fourth-order valence-corrected chi connectivity index (χ4v) is 5.86. The molecular weight excluding hydrogens is 778 g/mol. The molecule has 0 bridgehead atoms. The van der Waals surface area contributed by atoms with Gasteiger partial charge in [0, 0.05) is 60.6 Å². The Balaban J connectivity index is 1.46. The highest BCUT2D eigenvalue weighted by molar-refractivity contribution is 9.09. The van der Waals surface area contributed by atoms with Gasteiger partial charge in [-0.3, -0.25) is 14.4 Å². The molecule has 1 aromatic heterocycles. The number of urea groups is 1. The largest absolute Gasteiger partial charge is 0.379 e. The van der Waals surface area contributed by atoms with Crippen LogP contribution in [0.5, 0.6) is 0 Å². The van der Waals surface area contributed by atoms with Crippen molar-refractivity contribution in [3.63, 3.8) is 0 Å². The molecule has 0 saturated carbocycles. The third kappa shape index (κ3) is 17.6. The number of hydrogen-bond donors (Lipinski definition) is 3. The molecule has 0 aliphatic heterocycles. The zero-order valence-corrected chi connectivity index (χ0v) is 32.7. The maximum Gasteiger partial charge on any atom is 0.312 e. The van der Waals surface area contributed by atoms with Gasteiger partial charge in [0.2, 0.25) is 5.91 Å². The van der Waals surface area contributed by atoms with E-state index >= 15 is 0 Å². The van der Waals surface area contributed by atoms with E-state index in [2.05, 4.69) is 52.5 Å². The number of primary amides is 1. The standard InChI is InChI=1S/C35H53Br2N5O8/c1-24(2)28(34(45)40-25(3)6-4-11-39-35(38)46)21-27(43)10-13-48-15-17-50-19-18-49-16-14-47-12-5-7-33(44)26-8-9-29-30(20-26)42-32(23-37)31(22-36)41-29/h8-9,20,24-25,28H,4-7,10-19,21-23H2,1-3H3,(H,40,45)(H3,38,39,46)/t25-,28+/m1/s1. The van der Waals surface area contributed by atoms with Crippen molar-refractivity contribution in [1.29, 1.82) is 0 Å². The van der Waals surface area contributed by atoms with Crippen LogP contribution < -0.4 is 16.4 Å². The van der Waals surface area contributed by atoms with E-state index in [1.165, 1.54) is 0 Å². The number of hydrogen-bond acceptors (Lipinski definition) is 10. The number of nitrogens with zero attached hydrogens (tertiary/aromatic N) is 2. The van der Waals surface area contributed by atoms with Gasteiger partial charge in [0.15, 0.2) is 5.78 Å². The lowest BCUT2D eigenvalue weighted by molar-refractivity contribution is -0.131. The topological polar surface area (TPSA) is 181 Å². The van der Waals surface area contributed by atoms with Crippen LogP contribution in [0.4, 0.5) is 4.79 Å². The Kier molecular flexibility index (Phi) is 22.2. The molecule has 3 amide bonds. The van der Waals surface area contributed by atoms with Gasteiger partial charge in [-0.1, -0.05) is 45.7 Å². The van der Waals surface area contributed by atoms with E-state index in [4.69, 9.17) is 24.7 Å². The van der Waals surface area contributed by atoms with E-state index < -0.39 is 11.9 Å². The van der Waals surface area contributed by atoms with Gasteiger partial charge in [0.25, 0.3) is 0 Å². The first-order chi connectivity index (χ1) is 24.0. The molecule has 280 valence electrons. The van der Waals surface area contributed by atoms with Crippen LogP contribution in [0.1, 0.15) is 81.0 Å². The number of amides is 3. The molecule has 0 unspecified atom stereocenters. The van der Waals surface area contributed by atoms with E-state index in [-0.39, 0.29) is 48.9 Å². The van der Waals surface area contributed by atoms with Gasteiger partial charge in [-0.25, -0.2) is 14.8 Å². The van der Waals surface area contributed by atoms with Crippen molar-refractivity contribution >= 4 is 66.4 Å². The predicted molar refractivity (Wildman–Crippen MR) is 199 cm³/mol. The molecule has 0 radical (unpaired) electrons. The second kappa shape index (κ2) is 25.4. The SMILES string of the molecule is CC(C)[C@H](CC(=O)CCOCCOCCOCCOCCCC(=O)c1ccc2nc(CBr)c(CBr)nc2c1)C(=O)N[C@H](C)CCCNC(N)=O. The number of ether oxygens (including phenoxy) is 4. The maximum absolute atomic E-state index is 12.8. The first-order valence-corrected chi connectivity index (χ1v) is 19.4. The number of benzene rings is 1. The number of rotatable bonds is 28. The molecular formula is C35H53Br2N5O8. The zero-order valence-electron chi connectivity index (χ0n) is 29.5. The van der Waals surface area contributed by atoms with Crippen LogP contribution in [0.3, 0.4) is 0 Å². The van der Waals surface area contributed by atoms with Gasteiger partial charge in [-0.05, 0) is 50.3 Å². The Morgan fingerprint density at radius 3 is 1.94 bits per heavy atom. The van der Waals surface area contributed by atoms with Gasteiger partial charge in [-0.15, -0.1) is 0 Å². The number of nitrogens with two attached hydrogens (primary N) is 1. The molecule has 15 heteroatoms. The summed E-state index contributed by atoms with van der Waals surface area (Å²) in [5.41, 5.74) is 8.88. The van der Waals surface area contributed by atoms with Gasteiger partial charge in [0.05, 0.1) is 68.7 Å². The first kappa shape index (κ1) is 43.6. The Morgan fingerprint density at radius 2 is 1.36 bits per heavy atom. The van der Waals surface area contributed by atoms with E-state index in [1.54, 1.807) is 12.1 Å². The van der Waals surface area contributed by atoms with E-state index in [0.717, 1.165) is 16.9 Å². The average molecular weight is 832 g/mol. The fraction of sp³-hybridized carbons (Fsp3) is 0.657. The van der Waals surface area contributed by atoms with E-state index in [1.807, 2.05) is 26.8 Å². The summed E-state index contributed by atoms with van der Waals surface area (Å²) in [5, 5.41) is 6.72. The minimum Gasteiger partial charge on any atom is -0.379 e. The molecule has 0 fully saturated rings. The highest BCUT2D eigenvalue weighted by Gasteiger charge is 2.26. The lowest BCUT2D eigenvalue weighted by Crippen LogP contribution is -2.40. The number of nitrogens with one attached hydrogen (secondary N) is 2. The van der Waals surface area contributed by atoms with Crippen molar-refractivity contribution in [3.05, 3.63) is 35.2 Å². The lowest BCUT2D eigenvalue weighted by atomic mass is 9.89. The van der Waals surface area contributed by atoms with Crippen LogP contribution in [-0.4, -0.2) is 98.9 Å². The number of halogens is 2. The quantitative estimate of drug-likeness (QED) is 0.0599. The summed E-state index contributed by atoms with van der Waals surface area (Å²) in [6.45, 7) is 9.36. The van der Waals surface area contributed by atoms with Crippen molar-refractivity contribution in [2.75, 3.05) is 59.4 Å². The van der Waals surface area contributed by atoms with Crippen LogP contribution in [0, 0.1) is 11.8 Å². The van der Waals surface area contributed by atoms with Crippen LogP contribution in [0.25, 0.3) is 11.0 Å². The number of ketones is 2. The van der Waals surface area contributed by atoms with Gasteiger partial charge >= 0.3 is 6.03 Å². The minimum atomic E-state index is -0.566. The Bertz CT molecular complexity index is 1350. The number of Topliss-reactive ketones (excluding diaryl/α,β-unsaturated/α-hetero) is 2. The monoisotopic (exact) mass is 829 g/mol. The normalized spacial score (nSPS) is 12.6. The Hall–Kier alpha value is -2.56. The number of alkyl halides is 2. The second-order valence-corrected chi connectivity index (χ2v) is 13.4. The summed E-state index contributed by atoms with van der Waals surface area (Å²) in [5.74, 6) is -0.511. The summed E-state index contributed by atoms with van der Waals surface area (Å²) >= 11 is 6.89. The molecule has 13 nitrogen and oxygen atoms in total. The van der Waals surface area contributed by atoms with Crippen LogP contribution >= 0.6 is 31.9 Å². The van der Waals surface area contributed by atoms with Crippen molar-refractivity contribution < 1.29 is 38.1 Å². The summed E-state index contributed by atoms with van der Waals surface area (Å²) in [4.78, 5) is 58.0. The van der Waals surface area contributed by atoms with Crippen LogP contribution in [-0.2, 0) is 39.2 Å². The molecule has 2 atom stereocenters. The number of carbonyl (C=O) groups excluding carboxylic acids is 4. The average Bonchev–Trinajstić information content (AvgIpc) is 3.09. The van der Waals surface area contributed by atoms with Gasteiger partial charge in [0.1, 0.15) is 5.78 Å². The van der Waals surface area contributed by atoms with Crippen molar-refractivity contribution in [3.8, 4) is 0 Å². The van der Waals surface area contributed by atoms with E-state index in [0.29, 0.717) is 100 Å². The molecule has 4 N–H and O–H groups in total. The molecule has 1 aromatic carbocycles. The molecule has 0 aliphatic rings. The highest BCUT2D eigenvalue weighted by Crippen LogP contribution is 2.20. The lowest BCUT2D eigenvalue weighted by Gasteiger charge is -2.22. The maximum atomic E-state index is 12.8. The molecule has 0 aliphatic carbocycles. The van der Waals surface area contributed by atoms with Crippen molar-refractivity contribution in [2.45, 2.75) is 76.0 Å². The smallest absolute Gasteiger partial charge is 0.312 e. The Labute approximate surface area is 312 Å². The third-order valence-corrected chi connectivity index (χ3v) is 8.88. The number of aromatic nitrogens is 2. The van der Waals surface area contributed by atoms with Crippen molar-refractivity contribution in [2.24, 2.45) is 17.6 Å². The Morgan fingerprint density at radius 1 is 0.780 bits per heavy atom. The molecule has 2 aromatic rings. The summed E-state index contributed by atoms with van der Waals surface area (Å²) in [7, 11) is 0. The van der Waals surface area contributed by atoms with Gasteiger partial charge in [-0.2, -0.15) is 0 Å². The first-order valence-electron chi connectivity index (χ1n) is 17.2. The fourth-order valence-electron chi connectivity index (χ4n) is 4.96. The third-order valence-electron chi connectivity index (χ3n) is 7.82. The second-order valence-electron chi connectivity index (χ2n) is 12.3. The molecule has 0 spiro atoms. The summed E-state index contributed by atoms with van der Waals surface area (Å²) < 4.78 is 22.2.